The Balaban J connectivity index is 2.11. The van der Waals surface area contributed by atoms with Gasteiger partial charge in [-0.1, -0.05) is 46.5 Å². The summed E-state index contributed by atoms with van der Waals surface area (Å²) in [6, 6.07) is -0.337. The molecule has 3 nitrogen and oxygen atoms in total. The van der Waals surface area contributed by atoms with E-state index in [0.29, 0.717) is 5.92 Å². The van der Waals surface area contributed by atoms with Gasteiger partial charge in [-0.2, -0.15) is 0 Å². The van der Waals surface area contributed by atoms with Crippen molar-refractivity contribution in [3.05, 3.63) is 0 Å². The molecule has 0 heterocycles. The van der Waals surface area contributed by atoms with Crippen LogP contribution in [0.3, 0.4) is 0 Å². The monoisotopic (exact) mass is 254 g/mol. The first kappa shape index (κ1) is 15.5. The van der Waals surface area contributed by atoms with Crippen molar-refractivity contribution in [2.45, 2.75) is 65.3 Å². The average molecular weight is 254 g/mol. The second kappa shape index (κ2) is 7.78. The fourth-order valence-corrected chi connectivity index (χ4v) is 2.76. The van der Waals surface area contributed by atoms with Crippen LogP contribution in [-0.2, 0) is 4.79 Å². The van der Waals surface area contributed by atoms with Gasteiger partial charge in [-0.25, -0.2) is 0 Å². The SMILES string of the molecule is CC(C)C[C@@H](N)C(=O)NCCC1CCC(C)CC1. The first-order valence-electron chi connectivity index (χ1n) is 7.52. The van der Waals surface area contributed by atoms with Crippen LogP contribution >= 0.6 is 0 Å². The lowest BCUT2D eigenvalue weighted by Gasteiger charge is -2.26. The van der Waals surface area contributed by atoms with E-state index in [4.69, 9.17) is 5.73 Å². The normalized spacial score (nSPS) is 26.1. The number of nitrogens with one attached hydrogen (secondary N) is 1. The minimum atomic E-state index is -0.337. The van der Waals surface area contributed by atoms with Gasteiger partial charge in [0.05, 0.1) is 6.04 Å². The van der Waals surface area contributed by atoms with E-state index >= 15 is 0 Å². The Morgan fingerprint density at radius 2 is 1.89 bits per heavy atom. The number of carbonyl (C=O) groups is 1. The Bertz CT molecular complexity index is 245. The molecule has 1 aliphatic carbocycles. The van der Waals surface area contributed by atoms with E-state index in [1.807, 2.05) is 0 Å². The maximum Gasteiger partial charge on any atom is 0.236 e. The molecule has 106 valence electrons. The van der Waals surface area contributed by atoms with Crippen LogP contribution < -0.4 is 11.1 Å². The minimum Gasteiger partial charge on any atom is -0.355 e. The molecule has 18 heavy (non-hydrogen) atoms. The highest BCUT2D eigenvalue weighted by Gasteiger charge is 2.19. The smallest absolute Gasteiger partial charge is 0.236 e. The zero-order valence-corrected chi connectivity index (χ0v) is 12.2. The van der Waals surface area contributed by atoms with Gasteiger partial charge in [0.1, 0.15) is 0 Å². The van der Waals surface area contributed by atoms with Crippen LogP contribution in [0.4, 0.5) is 0 Å². The molecule has 0 saturated heterocycles. The summed E-state index contributed by atoms with van der Waals surface area (Å²) in [5.41, 5.74) is 5.84. The molecule has 0 aliphatic heterocycles. The van der Waals surface area contributed by atoms with E-state index in [1.54, 1.807) is 0 Å². The van der Waals surface area contributed by atoms with Crippen LogP contribution in [0.2, 0.25) is 0 Å². The molecule has 1 rings (SSSR count). The Hall–Kier alpha value is -0.570. The van der Waals surface area contributed by atoms with Gasteiger partial charge in [-0.3, -0.25) is 4.79 Å². The molecular weight excluding hydrogens is 224 g/mol. The summed E-state index contributed by atoms with van der Waals surface area (Å²) >= 11 is 0. The van der Waals surface area contributed by atoms with Gasteiger partial charge in [0, 0.05) is 6.54 Å². The highest BCUT2D eigenvalue weighted by Crippen LogP contribution is 2.29. The van der Waals surface area contributed by atoms with Gasteiger partial charge in [0.25, 0.3) is 0 Å². The van der Waals surface area contributed by atoms with Crippen molar-refractivity contribution in [2.24, 2.45) is 23.5 Å². The molecule has 3 N–H and O–H groups in total. The molecule has 1 aliphatic rings. The summed E-state index contributed by atoms with van der Waals surface area (Å²) < 4.78 is 0. The maximum atomic E-state index is 11.7. The van der Waals surface area contributed by atoms with Crippen LogP contribution in [-0.4, -0.2) is 18.5 Å². The second-order valence-corrected chi connectivity index (χ2v) is 6.44. The van der Waals surface area contributed by atoms with Crippen molar-refractivity contribution < 1.29 is 4.79 Å². The zero-order chi connectivity index (χ0) is 13.5. The first-order chi connectivity index (χ1) is 8.49. The molecule has 3 heteroatoms. The van der Waals surface area contributed by atoms with Crippen LogP contribution in [0.5, 0.6) is 0 Å². The van der Waals surface area contributed by atoms with Crippen molar-refractivity contribution in [1.29, 1.82) is 0 Å². The van der Waals surface area contributed by atoms with Crippen molar-refractivity contribution >= 4 is 5.91 Å². The standard InChI is InChI=1S/C15H30N2O/c1-11(2)10-14(16)15(18)17-9-8-13-6-4-12(3)5-7-13/h11-14H,4-10,16H2,1-3H3,(H,17,18)/t12?,13?,14-/m1/s1. The van der Waals surface area contributed by atoms with E-state index in [1.165, 1.54) is 25.7 Å². The Morgan fingerprint density at radius 3 is 2.44 bits per heavy atom. The van der Waals surface area contributed by atoms with Crippen molar-refractivity contribution in [2.75, 3.05) is 6.54 Å². The molecule has 0 radical (unpaired) electrons. The number of hydrogen-bond acceptors (Lipinski definition) is 2. The van der Waals surface area contributed by atoms with Gasteiger partial charge in [0.15, 0.2) is 0 Å². The number of amides is 1. The van der Waals surface area contributed by atoms with Crippen LogP contribution in [0.15, 0.2) is 0 Å². The van der Waals surface area contributed by atoms with Crippen LogP contribution in [0.1, 0.15) is 59.3 Å². The quantitative estimate of drug-likeness (QED) is 0.765. The molecule has 0 spiro atoms. The van der Waals surface area contributed by atoms with Crippen molar-refractivity contribution in [3.63, 3.8) is 0 Å². The molecule has 0 aromatic rings. The number of carbonyl (C=O) groups excluding carboxylic acids is 1. The van der Waals surface area contributed by atoms with Gasteiger partial charge in [-0.05, 0) is 30.6 Å². The molecule has 0 unspecified atom stereocenters. The van der Waals surface area contributed by atoms with E-state index in [9.17, 15) is 4.79 Å². The minimum absolute atomic E-state index is 0.0212. The highest BCUT2D eigenvalue weighted by molar-refractivity contribution is 5.81. The molecule has 1 saturated carbocycles. The lowest BCUT2D eigenvalue weighted by atomic mass is 9.81. The molecule has 1 fully saturated rings. The van der Waals surface area contributed by atoms with Crippen LogP contribution in [0.25, 0.3) is 0 Å². The predicted molar refractivity (Wildman–Crippen MR) is 76.2 cm³/mol. The summed E-state index contributed by atoms with van der Waals surface area (Å²) in [6.07, 6.45) is 7.25. The second-order valence-electron chi connectivity index (χ2n) is 6.44. The molecule has 1 amide bonds. The Kier molecular flexibility index (Phi) is 6.69. The maximum absolute atomic E-state index is 11.7. The topological polar surface area (TPSA) is 55.1 Å². The third-order valence-electron chi connectivity index (χ3n) is 4.05. The highest BCUT2D eigenvalue weighted by atomic mass is 16.2. The molecular formula is C15H30N2O. The van der Waals surface area contributed by atoms with Crippen molar-refractivity contribution in [3.8, 4) is 0 Å². The fourth-order valence-electron chi connectivity index (χ4n) is 2.76. The van der Waals surface area contributed by atoms with Gasteiger partial charge in [-0.15, -0.1) is 0 Å². The number of nitrogens with two attached hydrogens (primary N) is 1. The van der Waals surface area contributed by atoms with E-state index in [-0.39, 0.29) is 11.9 Å². The summed E-state index contributed by atoms with van der Waals surface area (Å²) in [7, 11) is 0. The van der Waals surface area contributed by atoms with Crippen LogP contribution in [0, 0.1) is 17.8 Å². The Morgan fingerprint density at radius 1 is 1.28 bits per heavy atom. The summed E-state index contributed by atoms with van der Waals surface area (Å²) in [4.78, 5) is 11.7. The summed E-state index contributed by atoms with van der Waals surface area (Å²) in [5, 5.41) is 2.98. The third-order valence-corrected chi connectivity index (χ3v) is 4.05. The zero-order valence-electron chi connectivity index (χ0n) is 12.2. The molecule has 1 atom stereocenters. The fraction of sp³-hybridized carbons (Fsp3) is 0.933. The lowest BCUT2D eigenvalue weighted by Crippen LogP contribution is -2.42. The number of rotatable bonds is 6. The third kappa shape index (κ3) is 5.85. The van der Waals surface area contributed by atoms with Gasteiger partial charge in [0.2, 0.25) is 5.91 Å². The molecule has 0 aromatic carbocycles. The molecule has 0 bridgehead atoms. The lowest BCUT2D eigenvalue weighted by molar-refractivity contribution is -0.122. The van der Waals surface area contributed by atoms with Gasteiger partial charge >= 0.3 is 0 Å². The average Bonchev–Trinajstić information content (AvgIpc) is 2.30. The van der Waals surface area contributed by atoms with E-state index in [0.717, 1.165) is 31.2 Å². The summed E-state index contributed by atoms with van der Waals surface area (Å²) in [6.45, 7) is 7.32. The van der Waals surface area contributed by atoms with Gasteiger partial charge < -0.3 is 11.1 Å². The summed E-state index contributed by atoms with van der Waals surface area (Å²) in [5.74, 6) is 2.21. The predicted octanol–water partition coefficient (Wildman–Crippen LogP) is 2.69. The number of hydrogen-bond donors (Lipinski definition) is 2. The Labute approximate surface area is 112 Å². The van der Waals surface area contributed by atoms with Crippen molar-refractivity contribution in [1.82, 2.24) is 5.32 Å². The van der Waals surface area contributed by atoms with E-state index in [2.05, 4.69) is 26.1 Å². The molecule has 0 aromatic heterocycles. The largest absolute Gasteiger partial charge is 0.355 e. The van der Waals surface area contributed by atoms with E-state index < -0.39 is 0 Å². The first-order valence-corrected chi connectivity index (χ1v) is 7.52.